The Labute approximate surface area is 107 Å². The molecule has 0 amide bonds. The topological polar surface area (TPSA) is 39.1 Å². The van der Waals surface area contributed by atoms with Crippen LogP contribution in [-0.4, -0.2) is 30.1 Å². The van der Waals surface area contributed by atoms with Crippen molar-refractivity contribution in [2.75, 3.05) is 19.6 Å². The first-order valence-corrected chi connectivity index (χ1v) is 6.17. The number of hydrogen-bond acceptors (Lipinski definition) is 3. The number of nitriles is 1. The van der Waals surface area contributed by atoms with Gasteiger partial charge in [0, 0.05) is 37.3 Å². The van der Waals surface area contributed by atoms with Crippen molar-refractivity contribution >= 4 is 0 Å². The number of rotatable bonds is 2. The van der Waals surface area contributed by atoms with Crippen molar-refractivity contribution < 1.29 is 4.39 Å². The van der Waals surface area contributed by atoms with Gasteiger partial charge < -0.3 is 5.32 Å². The summed E-state index contributed by atoms with van der Waals surface area (Å²) in [5.74, 6) is -0.289. The van der Waals surface area contributed by atoms with Crippen LogP contribution in [0.15, 0.2) is 18.2 Å². The normalized spacial score (nSPS) is 19.4. The van der Waals surface area contributed by atoms with Gasteiger partial charge in [-0.25, -0.2) is 4.39 Å². The van der Waals surface area contributed by atoms with E-state index in [0.29, 0.717) is 17.7 Å². The molecule has 0 atom stereocenters. The second-order valence-electron chi connectivity index (χ2n) is 5.33. The zero-order chi connectivity index (χ0) is 13.2. The summed E-state index contributed by atoms with van der Waals surface area (Å²) in [7, 11) is 0. The van der Waals surface area contributed by atoms with Crippen LogP contribution in [-0.2, 0) is 6.54 Å². The zero-order valence-electron chi connectivity index (χ0n) is 10.8. The molecule has 0 spiro atoms. The Hall–Kier alpha value is -1.44. The molecule has 96 valence electrons. The van der Waals surface area contributed by atoms with Gasteiger partial charge in [0.1, 0.15) is 5.82 Å². The number of nitrogens with one attached hydrogen (secondary N) is 1. The van der Waals surface area contributed by atoms with Gasteiger partial charge in [0.25, 0.3) is 0 Å². The Balaban J connectivity index is 2.16. The van der Waals surface area contributed by atoms with Gasteiger partial charge in [0.15, 0.2) is 0 Å². The van der Waals surface area contributed by atoms with E-state index in [0.717, 1.165) is 19.6 Å². The second-order valence-corrected chi connectivity index (χ2v) is 5.33. The van der Waals surface area contributed by atoms with E-state index in [1.54, 1.807) is 12.1 Å². The minimum Gasteiger partial charge on any atom is -0.314 e. The highest BCUT2D eigenvalue weighted by Gasteiger charge is 2.29. The molecule has 18 heavy (non-hydrogen) atoms. The summed E-state index contributed by atoms with van der Waals surface area (Å²) in [6, 6.07) is 6.65. The summed E-state index contributed by atoms with van der Waals surface area (Å²) in [4.78, 5) is 2.27. The van der Waals surface area contributed by atoms with E-state index in [1.165, 1.54) is 6.07 Å². The van der Waals surface area contributed by atoms with Gasteiger partial charge in [-0.15, -0.1) is 0 Å². The summed E-state index contributed by atoms with van der Waals surface area (Å²) in [5, 5.41) is 12.1. The van der Waals surface area contributed by atoms with Crippen LogP contribution in [0.1, 0.15) is 25.0 Å². The number of benzene rings is 1. The molecule has 1 aromatic rings. The molecule has 0 radical (unpaired) electrons. The SMILES string of the molecule is CC1(C)CNCCN1Cc1ccc(C#N)cc1F. The largest absolute Gasteiger partial charge is 0.314 e. The van der Waals surface area contributed by atoms with Crippen LogP contribution in [0.5, 0.6) is 0 Å². The Morgan fingerprint density at radius 1 is 1.50 bits per heavy atom. The van der Waals surface area contributed by atoms with E-state index in [9.17, 15) is 4.39 Å². The van der Waals surface area contributed by atoms with Crippen molar-refractivity contribution in [1.29, 1.82) is 5.26 Å². The first-order valence-electron chi connectivity index (χ1n) is 6.17. The minimum atomic E-state index is -0.289. The fourth-order valence-corrected chi connectivity index (χ4v) is 2.27. The molecule has 0 aromatic heterocycles. The van der Waals surface area contributed by atoms with Crippen molar-refractivity contribution in [3.8, 4) is 6.07 Å². The summed E-state index contributed by atoms with van der Waals surface area (Å²) in [5.41, 5.74) is 1.05. The van der Waals surface area contributed by atoms with Crippen molar-refractivity contribution in [2.45, 2.75) is 25.9 Å². The summed E-state index contributed by atoms with van der Waals surface area (Å²) in [6.07, 6.45) is 0. The Kier molecular flexibility index (Phi) is 3.65. The minimum absolute atomic E-state index is 0.0264. The lowest BCUT2D eigenvalue weighted by Gasteiger charge is -2.42. The van der Waals surface area contributed by atoms with Crippen molar-refractivity contribution in [3.63, 3.8) is 0 Å². The molecule has 1 aliphatic rings. The molecular weight excluding hydrogens is 229 g/mol. The molecule has 3 nitrogen and oxygen atoms in total. The van der Waals surface area contributed by atoms with Gasteiger partial charge in [0.2, 0.25) is 0 Å². The number of nitrogens with zero attached hydrogens (tertiary/aromatic N) is 2. The van der Waals surface area contributed by atoms with E-state index in [2.05, 4.69) is 24.1 Å². The average molecular weight is 247 g/mol. The lowest BCUT2D eigenvalue weighted by atomic mass is 9.99. The molecular formula is C14H18FN3. The third kappa shape index (κ3) is 2.69. The lowest BCUT2D eigenvalue weighted by Crippen LogP contribution is -2.57. The molecule has 2 rings (SSSR count). The molecule has 1 N–H and O–H groups in total. The van der Waals surface area contributed by atoms with Gasteiger partial charge in [-0.1, -0.05) is 6.07 Å². The van der Waals surface area contributed by atoms with Gasteiger partial charge in [-0.05, 0) is 26.0 Å². The maximum absolute atomic E-state index is 13.9. The highest BCUT2D eigenvalue weighted by Crippen LogP contribution is 2.21. The maximum Gasteiger partial charge on any atom is 0.129 e. The Morgan fingerprint density at radius 3 is 2.89 bits per heavy atom. The molecule has 4 heteroatoms. The van der Waals surface area contributed by atoms with E-state index >= 15 is 0 Å². The van der Waals surface area contributed by atoms with Crippen LogP contribution >= 0.6 is 0 Å². The highest BCUT2D eigenvalue weighted by molar-refractivity contribution is 5.32. The number of halogens is 1. The van der Waals surface area contributed by atoms with Crippen LogP contribution in [0.4, 0.5) is 4.39 Å². The van der Waals surface area contributed by atoms with E-state index in [-0.39, 0.29) is 11.4 Å². The molecule has 1 aromatic carbocycles. The van der Waals surface area contributed by atoms with Gasteiger partial charge in [-0.3, -0.25) is 4.90 Å². The molecule has 1 fully saturated rings. The van der Waals surface area contributed by atoms with Crippen LogP contribution in [0.2, 0.25) is 0 Å². The van der Waals surface area contributed by atoms with Crippen molar-refractivity contribution in [2.24, 2.45) is 0 Å². The molecule has 1 aliphatic heterocycles. The number of hydrogen-bond donors (Lipinski definition) is 1. The first-order chi connectivity index (χ1) is 8.53. The number of piperazine rings is 1. The van der Waals surface area contributed by atoms with E-state index in [4.69, 9.17) is 5.26 Å². The van der Waals surface area contributed by atoms with Crippen LogP contribution in [0, 0.1) is 17.1 Å². The predicted molar refractivity (Wildman–Crippen MR) is 68.5 cm³/mol. The van der Waals surface area contributed by atoms with Crippen molar-refractivity contribution in [1.82, 2.24) is 10.2 Å². The fraction of sp³-hybridized carbons (Fsp3) is 0.500. The molecule has 1 heterocycles. The lowest BCUT2D eigenvalue weighted by molar-refractivity contribution is 0.0816. The Bertz CT molecular complexity index is 476. The summed E-state index contributed by atoms with van der Waals surface area (Å²) in [6.45, 7) is 7.65. The molecule has 1 saturated heterocycles. The maximum atomic E-state index is 13.9. The van der Waals surface area contributed by atoms with Gasteiger partial charge >= 0.3 is 0 Å². The molecule has 0 bridgehead atoms. The Morgan fingerprint density at radius 2 is 2.28 bits per heavy atom. The third-order valence-electron chi connectivity index (χ3n) is 3.52. The first kappa shape index (κ1) is 13.0. The summed E-state index contributed by atoms with van der Waals surface area (Å²) >= 11 is 0. The quantitative estimate of drug-likeness (QED) is 0.867. The second kappa shape index (κ2) is 5.05. The molecule has 0 unspecified atom stereocenters. The molecule has 0 saturated carbocycles. The monoisotopic (exact) mass is 247 g/mol. The van der Waals surface area contributed by atoms with Crippen molar-refractivity contribution in [3.05, 3.63) is 35.1 Å². The van der Waals surface area contributed by atoms with Gasteiger partial charge in [0.05, 0.1) is 11.6 Å². The third-order valence-corrected chi connectivity index (χ3v) is 3.52. The standard InChI is InChI=1S/C14H18FN3/c1-14(2)10-17-5-6-18(14)9-12-4-3-11(8-16)7-13(12)15/h3-4,7,17H,5-6,9-10H2,1-2H3. The summed E-state index contributed by atoms with van der Waals surface area (Å²) < 4.78 is 13.9. The average Bonchev–Trinajstić information content (AvgIpc) is 2.33. The van der Waals surface area contributed by atoms with Crippen LogP contribution in [0.25, 0.3) is 0 Å². The van der Waals surface area contributed by atoms with E-state index in [1.807, 2.05) is 6.07 Å². The predicted octanol–water partition coefficient (Wildman–Crippen LogP) is 1.88. The smallest absolute Gasteiger partial charge is 0.129 e. The zero-order valence-corrected chi connectivity index (χ0v) is 10.8. The van der Waals surface area contributed by atoms with Crippen LogP contribution < -0.4 is 5.32 Å². The van der Waals surface area contributed by atoms with E-state index < -0.39 is 0 Å². The van der Waals surface area contributed by atoms with Gasteiger partial charge in [-0.2, -0.15) is 5.26 Å². The molecule has 0 aliphatic carbocycles. The fourth-order valence-electron chi connectivity index (χ4n) is 2.27. The van der Waals surface area contributed by atoms with Crippen LogP contribution in [0.3, 0.4) is 0 Å². The highest BCUT2D eigenvalue weighted by atomic mass is 19.1.